The number of amides is 1. The molecule has 0 radical (unpaired) electrons. The maximum absolute atomic E-state index is 13.1. The van der Waals surface area contributed by atoms with Crippen LogP contribution in [0.4, 0.5) is 0 Å². The number of nitrogens with one attached hydrogen (secondary N) is 1. The molecular weight excluding hydrogens is 466 g/mol. The van der Waals surface area contributed by atoms with E-state index in [9.17, 15) is 13.2 Å². The number of aromatic nitrogens is 3. The number of hydrogen-bond acceptors (Lipinski definition) is 7. The van der Waals surface area contributed by atoms with Gasteiger partial charge in [0.2, 0.25) is 15.9 Å². The van der Waals surface area contributed by atoms with Crippen LogP contribution < -0.4 is 0 Å². The van der Waals surface area contributed by atoms with E-state index >= 15 is 0 Å². The van der Waals surface area contributed by atoms with Gasteiger partial charge in [0.05, 0.1) is 16.0 Å². The van der Waals surface area contributed by atoms with E-state index in [1.54, 1.807) is 46.3 Å². The van der Waals surface area contributed by atoms with E-state index < -0.39 is 10.0 Å². The predicted octanol–water partition coefficient (Wildman–Crippen LogP) is 2.94. The SMILES string of the molecule is O=C(CSCc1nc2ccccc2s1)N1CCN(S(=O)(=O)c2c[nH]c3ncccc23)CC1. The Kier molecular flexibility index (Phi) is 5.89. The predicted molar refractivity (Wildman–Crippen MR) is 127 cm³/mol. The van der Waals surface area contributed by atoms with E-state index in [2.05, 4.69) is 15.0 Å². The summed E-state index contributed by atoms with van der Waals surface area (Å²) in [6, 6.07) is 11.5. The molecule has 0 saturated carbocycles. The second-order valence-corrected chi connectivity index (χ2v) is 11.4. The van der Waals surface area contributed by atoms with E-state index in [0.717, 1.165) is 15.2 Å². The van der Waals surface area contributed by atoms with Crippen LogP contribution in [0.5, 0.6) is 0 Å². The number of para-hydroxylation sites is 1. The molecule has 0 spiro atoms. The molecule has 4 aromatic rings. The fourth-order valence-corrected chi connectivity index (χ4v) is 7.28. The summed E-state index contributed by atoms with van der Waals surface area (Å²) in [5.41, 5.74) is 1.53. The molecule has 11 heteroatoms. The number of carbonyl (C=O) groups is 1. The molecule has 1 fully saturated rings. The zero-order valence-electron chi connectivity index (χ0n) is 17.1. The summed E-state index contributed by atoms with van der Waals surface area (Å²) in [4.78, 5) is 26.3. The normalized spacial score (nSPS) is 15.6. The first-order valence-electron chi connectivity index (χ1n) is 10.1. The van der Waals surface area contributed by atoms with E-state index in [-0.39, 0.29) is 23.9 Å². The lowest BCUT2D eigenvalue weighted by molar-refractivity contribution is -0.129. The van der Waals surface area contributed by atoms with Gasteiger partial charge in [-0.1, -0.05) is 12.1 Å². The number of H-pyrrole nitrogens is 1. The van der Waals surface area contributed by atoms with Gasteiger partial charge in [-0.05, 0) is 24.3 Å². The van der Waals surface area contributed by atoms with Crippen LogP contribution in [0.1, 0.15) is 5.01 Å². The average Bonchev–Trinajstić information content (AvgIpc) is 3.43. The molecule has 1 aliphatic heterocycles. The topological polar surface area (TPSA) is 99.3 Å². The molecule has 1 aliphatic rings. The van der Waals surface area contributed by atoms with Crippen molar-refractivity contribution in [3.63, 3.8) is 0 Å². The van der Waals surface area contributed by atoms with E-state index in [1.165, 1.54) is 10.5 Å². The van der Waals surface area contributed by atoms with Crippen molar-refractivity contribution in [3.05, 3.63) is 53.8 Å². The van der Waals surface area contributed by atoms with Crippen molar-refractivity contribution in [1.82, 2.24) is 24.2 Å². The molecule has 8 nitrogen and oxygen atoms in total. The van der Waals surface area contributed by atoms with Crippen LogP contribution in [0.3, 0.4) is 0 Å². The second kappa shape index (κ2) is 8.81. The second-order valence-electron chi connectivity index (χ2n) is 7.41. The maximum Gasteiger partial charge on any atom is 0.245 e. The Morgan fingerprint density at radius 2 is 1.94 bits per heavy atom. The number of thiazole rings is 1. The third kappa shape index (κ3) is 4.13. The Morgan fingerprint density at radius 3 is 2.75 bits per heavy atom. The zero-order valence-corrected chi connectivity index (χ0v) is 19.5. The molecule has 3 aromatic heterocycles. The summed E-state index contributed by atoms with van der Waals surface area (Å²) in [6.07, 6.45) is 3.11. The van der Waals surface area contributed by atoms with Gasteiger partial charge in [0, 0.05) is 49.7 Å². The highest BCUT2D eigenvalue weighted by Crippen LogP contribution is 2.26. The first kappa shape index (κ1) is 21.4. The summed E-state index contributed by atoms with van der Waals surface area (Å²) in [6.45, 7) is 1.34. The van der Waals surface area contributed by atoms with Gasteiger partial charge in [-0.25, -0.2) is 18.4 Å². The van der Waals surface area contributed by atoms with Crippen molar-refractivity contribution in [2.24, 2.45) is 0 Å². The van der Waals surface area contributed by atoms with Crippen molar-refractivity contribution >= 4 is 60.3 Å². The Morgan fingerprint density at radius 1 is 1.12 bits per heavy atom. The molecule has 32 heavy (non-hydrogen) atoms. The minimum Gasteiger partial charge on any atom is -0.345 e. The lowest BCUT2D eigenvalue weighted by atomic mass is 10.3. The fraction of sp³-hybridized carbons (Fsp3) is 0.286. The van der Waals surface area contributed by atoms with Gasteiger partial charge in [-0.3, -0.25) is 4.79 Å². The summed E-state index contributed by atoms with van der Waals surface area (Å²) < 4.78 is 28.8. The number of pyridine rings is 1. The number of benzene rings is 1. The van der Waals surface area contributed by atoms with E-state index in [1.807, 2.05) is 24.3 Å². The Bertz CT molecular complexity index is 1340. The number of hydrogen-bond donors (Lipinski definition) is 1. The van der Waals surface area contributed by atoms with Crippen molar-refractivity contribution in [1.29, 1.82) is 0 Å². The third-order valence-electron chi connectivity index (χ3n) is 5.41. The lowest BCUT2D eigenvalue weighted by Crippen LogP contribution is -2.50. The molecule has 1 saturated heterocycles. The highest BCUT2D eigenvalue weighted by atomic mass is 32.2. The highest BCUT2D eigenvalue weighted by molar-refractivity contribution is 7.99. The third-order valence-corrected chi connectivity index (χ3v) is 9.50. The molecule has 0 bridgehead atoms. The van der Waals surface area contributed by atoms with Crippen LogP contribution >= 0.6 is 23.1 Å². The summed E-state index contributed by atoms with van der Waals surface area (Å²) in [5.74, 6) is 1.08. The van der Waals surface area contributed by atoms with Gasteiger partial charge in [-0.2, -0.15) is 4.31 Å². The minimum atomic E-state index is -3.65. The average molecular weight is 488 g/mol. The van der Waals surface area contributed by atoms with Gasteiger partial charge >= 0.3 is 0 Å². The molecular formula is C21H21N5O3S3. The Labute approximate surface area is 193 Å². The van der Waals surface area contributed by atoms with Gasteiger partial charge in [-0.15, -0.1) is 23.1 Å². The first-order valence-corrected chi connectivity index (χ1v) is 13.6. The fourth-order valence-electron chi connectivity index (χ4n) is 3.76. The summed E-state index contributed by atoms with van der Waals surface area (Å²) in [5, 5.41) is 1.59. The number of sulfonamides is 1. The van der Waals surface area contributed by atoms with Gasteiger partial charge in [0.15, 0.2) is 0 Å². The van der Waals surface area contributed by atoms with Crippen LogP contribution in [0, 0.1) is 0 Å². The van der Waals surface area contributed by atoms with E-state index in [4.69, 9.17) is 0 Å². The molecule has 1 amide bonds. The molecule has 4 heterocycles. The van der Waals surface area contributed by atoms with E-state index in [0.29, 0.717) is 35.6 Å². The number of piperazine rings is 1. The van der Waals surface area contributed by atoms with Gasteiger partial charge < -0.3 is 9.88 Å². The van der Waals surface area contributed by atoms with Gasteiger partial charge in [0.1, 0.15) is 15.6 Å². The largest absolute Gasteiger partial charge is 0.345 e. The molecule has 5 rings (SSSR count). The standard InChI is InChI=1S/C21H21N5O3S3/c27-20(14-30-13-19-24-16-5-1-2-6-17(16)31-19)25-8-10-26(11-9-25)32(28,29)18-12-23-21-15(18)4-3-7-22-21/h1-7,12H,8-11,13-14H2,(H,22,23). The van der Waals surface area contributed by atoms with Crippen LogP contribution in [-0.4, -0.2) is 70.4 Å². The number of aromatic amines is 1. The lowest BCUT2D eigenvalue weighted by Gasteiger charge is -2.33. The number of nitrogens with zero attached hydrogens (tertiary/aromatic N) is 4. The smallest absolute Gasteiger partial charge is 0.245 e. The summed E-state index contributed by atoms with van der Waals surface area (Å²) in [7, 11) is -3.65. The van der Waals surface area contributed by atoms with Crippen molar-refractivity contribution < 1.29 is 13.2 Å². The quantitative estimate of drug-likeness (QED) is 0.449. The molecule has 0 atom stereocenters. The van der Waals surface area contributed by atoms with Crippen molar-refractivity contribution in [2.45, 2.75) is 10.6 Å². The number of carbonyl (C=O) groups excluding carboxylic acids is 1. The molecule has 0 aliphatic carbocycles. The van der Waals surface area contributed by atoms with Crippen LogP contribution in [0.25, 0.3) is 21.3 Å². The highest BCUT2D eigenvalue weighted by Gasteiger charge is 2.31. The molecule has 1 N–H and O–H groups in total. The van der Waals surface area contributed by atoms with Crippen molar-refractivity contribution in [3.8, 4) is 0 Å². The maximum atomic E-state index is 13.1. The Balaban J connectivity index is 1.16. The number of thioether (sulfide) groups is 1. The monoisotopic (exact) mass is 487 g/mol. The zero-order chi connectivity index (χ0) is 22.1. The number of rotatable bonds is 6. The molecule has 166 valence electrons. The minimum absolute atomic E-state index is 0.0319. The first-order chi connectivity index (χ1) is 15.5. The Hall–Kier alpha value is -2.47. The van der Waals surface area contributed by atoms with Crippen LogP contribution in [0.15, 0.2) is 53.7 Å². The molecule has 1 aromatic carbocycles. The van der Waals surface area contributed by atoms with Crippen LogP contribution in [0.2, 0.25) is 0 Å². The van der Waals surface area contributed by atoms with Crippen molar-refractivity contribution in [2.75, 3.05) is 31.9 Å². The summed E-state index contributed by atoms with van der Waals surface area (Å²) >= 11 is 3.19. The number of fused-ring (bicyclic) bond motifs is 2. The van der Waals surface area contributed by atoms with Crippen LogP contribution in [-0.2, 0) is 20.6 Å². The molecule has 0 unspecified atom stereocenters. The van der Waals surface area contributed by atoms with Gasteiger partial charge in [0.25, 0.3) is 0 Å².